The highest BCUT2D eigenvalue weighted by atomic mass is 79.9. The van der Waals surface area contributed by atoms with Gasteiger partial charge in [0.1, 0.15) is 0 Å². The number of nitrogens with two attached hydrogens (primary N) is 1. The van der Waals surface area contributed by atoms with Gasteiger partial charge in [-0.2, -0.15) is 12.7 Å². The lowest BCUT2D eigenvalue weighted by atomic mass is 10.3. The zero-order chi connectivity index (χ0) is 15.0. The molecule has 2 rings (SSSR count). The number of nitrogens with one attached hydrogen (secondary N) is 1. The van der Waals surface area contributed by atoms with Crippen molar-refractivity contribution in [2.24, 2.45) is 5.14 Å². The van der Waals surface area contributed by atoms with Crippen molar-refractivity contribution in [3.8, 4) is 0 Å². The Morgan fingerprint density at radius 2 is 1.75 bits per heavy atom. The van der Waals surface area contributed by atoms with Gasteiger partial charge in [0.05, 0.1) is 10.6 Å². The Morgan fingerprint density at radius 1 is 1.15 bits per heavy atom. The highest BCUT2D eigenvalue weighted by Gasteiger charge is 2.25. The number of halogens is 1. The summed E-state index contributed by atoms with van der Waals surface area (Å²) in [4.78, 5) is -0.0894. The molecule has 1 saturated heterocycles. The van der Waals surface area contributed by atoms with E-state index in [2.05, 4.69) is 20.7 Å². The van der Waals surface area contributed by atoms with E-state index in [0.717, 1.165) is 12.8 Å². The average molecular weight is 384 g/mol. The van der Waals surface area contributed by atoms with Crippen molar-refractivity contribution < 1.29 is 16.8 Å². The number of hydrogen-bond acceptors (Lipinski definition) is 4. The van der Waals surface area contributed by atoms with Crippen molar-refractivity contribution in [2.75, 3.05) is 17.8 Å². The van der Waals surface area contributed by atoms with Gasteiger partial charge in [0.25, 0.3) is 0 Å². The normalized spacial score (nSPS) is 17.3. The molecule has 1 aliphatic heterocycles. The van der Waals surface area contributed by atoms with Crippen molar-refractivity contribution in [3.05, 3.63) is 22.7 Å². The molecular formula is C10H14BrN3O4S2. The third-order valence-electron chi connectivity index (χ3n) is 2.91. The molecule has 0 unspecified atom stereocenters. The molecule has 1 heterocycles. The van der Waals surface area contributed by atoms with Crippen molar-refractivity contribution in [1.29, 1.82) is 0 Å². The van der Waals surface area contributed by atoms with Crippen molar-refractivity contribution in [3.63, 3.8) is 0 Å². The fourth-order valence-electron chi connectivity index (χ4n) is 1.89. The summed E-state index contributed by atoms with van der Waals surface area (Å²) in [6.45, 7) is 0.977. The molecule has 1 fully saturated rings. The summed E-state index contributed by atoms with van der Waals surface area (Å²) in [7, 11) is -7.43. The zero-order valence-corrected chi connectivity index (χ0v) is 13.6. The van der Waals surface area contributed by atoms with Gasteiger partial charge in [0.15, 0.2) is 0 Å². The second-order valence-electron chi connectivity index (χ2n) is 4.40. The Balaban J connectivity index is 2.26. The predicted octanol–water partition coefficient (Wildman–Crippen LogP) is 0.849. The molecular weight excluding hydrogens is 370 g/mol. The van der Waals surface area contributed by atoms with E-state index in [1.165, 1.54) is 22.5 Å². The van der Waals surface area contributed by atoms with Crippen LogP contribution in [0.4, 0.5) is 5.69 Å². The Bertz CT molecular complexity index is 712. The Kier molecular flexibility index (Phi) is 4.40. The van der Waals surface area contributed by atoms with Gasteiger partial charge in [0.2, 0.25) is 10.0 Å². The van der Waals surface area contributed by atoms with Gasteiger partial charge in [-0.05, 0) is 47.0 Å². The maximum absolute atomic E-state index is 12.1. The van der Waals surface area contributed by atoms with Crippen molar-refractivity contribution in [1.82, 2.24) is 4.31 Å². The molecule has 20 heavy (non-hydrogen) atoms. The molecule has 0 atom stereocenters. The summed E-state index contributed by atoms with van der Waals surface area (Å²) in [5, 5.41) is 5.01. The Labute approximate surface area is 126 Å². The summed E-state index contributed by atoms with van der Waals surface area (Å²) in [5.74, 6) is 0. The first kappa shape index (κ1) is 15.7. The first-order chi connectivity index (χ1) is 9.20. The number of anilines is 1. The van der Waals surface area contributed by atoms with Crippen LogP contribution in [0.5, 0.6) is 0 Å². The first-order valence-electron chi connectivity index (χ1n) is 5.80. The molecule has 0 amide bonds. The van der Waals surface area contributed by atoms with Crippen LogP contribution in [-0.4, -0.2) is 34.2 Å². The predicted molar refractivity (Wildman–Crippen MR) is 78.9 cm³/mol. The number of nitrogens with zero attached hydrogens (tertiary/aromatic N) is 1. The van der Waals surface area contributed by atoms with Crippen LogP contribution < -0.4 is 9.86 Å². The minimum absolute atomic E-state index is 0.0894. The second-order valence-corrected chi connectivity index (χ2v) is 8.49. The number of sulfonamides is 1. The zero-order valence-electron chi connectivity index (χ0n) is 10.4. The van der Waals surface area contributed by atoms with Gasteiger partial charge in [-0.1, -0.05) is 0 Å². The molecule has 10 heteroatoms. The van der Waals surface area contributed by atoms with Crippen molar-refractivity contribution in [2.45, 2.75) is 17.7 Å². The van der Waals surface area contributed by atoms with Gasteiger partial charge in [-0.3, -0.25) is 4.72 Å². The molecule has 3 N–H and O–H groups in total. The van der Waals surface area contributed by atoms with Crippen LogP contribution in [0.2, 0.25) is 0 Å². The summed E-state index contributed by atoms with van der Waals surface area (Å²) < 4.78 is 50.7. The van der Waals surface area contributed by atoms with Crippen molar-refractivity contribution >= 4 is 41.8 Å². The molecule has 1 aliphatic rings. The minimum atomic E-state index is -3.82. The topological polar surface area (TPSA) is 110 Å². The van der Waals surface area contributed by atoms with Crippen LogP contribution in [0.1, 0.15) is 12.8 Å². The summed E-state index contributed by atoms with van der Waals surface area (Å²) in [6.07, 6.45) is 1.68. The molecule has 112 valence electrons. The van der Waals surface area contributed by atoms with E-state index >= 15 is 0 Å². The number of primary sulfonamides is 1. The van der Waals surface area contributed by atoms with Crippen LogP contribution in [-0.2, 0) is 20.2 Å². The van der Waals surface area contributed by atoms with E-state index in [4.69, 9.17) is 5.14 Å². The first-order valence-corrected chi connectivity index (χ1v) is 9.58. The fourth-order valence-corrected chi connectivity index (χ4v) is 4.51. The maximum Gasteiger partial charge on any atom is 0.301 e. The third kappa shape index (κ3) is 3.50. The van der Waals surface area contributed by atoms with Gasteiger partial charge < -0.3 is 0 Å². The summed E-state index contributed by atoms with van der Waals surface area (Å²) in [6, 6.07) is 3.87. The smallest absolute Gasteiger partial charge is 0.270 e. The van der Waals surface area contributed by atoms with E-state index in [-0.39, 0.29) is 10.6 Å². The molecule has 0 bridgehead atoms. The van der Waals surface area contributed by atoms with E-state index in [1.54, 1.807) is 0 Å². The van der Waals surface area contributed by atoms with E-state index in [9.17, 15) is 16.8 Å². The lowest BCUT2D eigenvalue weighted by Crippen LogP contribution is -2.33. The van der Waals surface area contributed by atoms with Crippen LogP contribution in [0.3, 0.4) is 0 Å². The molecule has 0 radical (unpaired) electrons. The highest BCUT2D eigenvalue weighted by molar-refractivity contribution is 9.10. The SMILES string of the molecule is NS(=O)(=O)c1ccc(NS(=O)(=O)N2CCCC2)c(Br)c1. The largest absolute Gasteiger partial charge is 0.301 e. The molecule has 0 spiro atoms. The quantitative estimate of drug-likeness (QED) is 0.802. The van der Waals surface area contributed by atoms with E-state index in [1.807, 2.05) is 0 Å². The lowest BCUT2D eigenvalue weighted by molar-refractivity contribution is 0.482. The molecule has 0 saturated carbocycles. The van der Waals surface area contributed by atoms with Gasteiger partial charge in [-0.15, -0.1) is 0 Å². The van der Waals surface area contributed by atoms with Gasteiger partial charge in [0, 0.05) is 17.6 Å². The number of rotatable bonds is 4. The van der Waals surface area contributed by atoms with Gasteiger partial charge in [-0.25, -0.2) is 13.6 Å². The van der Waals surface area contributed by atoms with E-state index < -0.39 is 20.2 Å². The average Bonchev–Trinajstić information content (AvgIpc) is 2.84. The molecule has 0 aromatic heterocycles. The third-order valence-corrected chi connectivity index (χ3v) is 6.00. The molecule has 7 nitrogen and oxygen atoms in total. The van der Waals surface area contributed by atoms with Crippen LogP contribution in [0, 0.1) is 0 Å². The molecule has 1 aromatic carbocycles. The summed E-state index contributed by atoms with van der Waals surface area (Å²) >= 11 is 3.14. The number of hydrogen-bond donors (Lipinski definition) is 2. The fraction of sp³-hybridized carbons (Fsp3) is 0.400. The van der Waals surface area contributed by atoms with E-state index in [0.29, 0.717) is 17.6 Å². The summed E-state index contributed by atoms with van der Waals surface area (Å²) in [5.41, 5.74) is 0.268. The number of benzene rings is 1. The van der Waals surface area contributed by atoms with Crippen LogP contribution in [0.25, 0.3) is 0 Å². The van der Waals surface area contributed by atoms with Crippen LogP contribution >= 0.6 is 15.9 Å². The minimum Gasteiger partial charge on any atom is -0.270 e. The maximum atomic E-state index is 12.1. The standard InChI is InChI=1S/C10H14BrN3O4S2/c11-9-7-8(19(12,15)16)3-4-10(9)13-20(17,18)14-5-1-2-6-14/h3-4,7,13H,1-2,5-6H2,(H2,12,15,16). The van der Waals surface area contributed by atoms with Crippen LogP contribution in [0.15, 0.2) is 27.6 Å². The highest BCUT2D eigenvalue weighted by Crippen LogP contribution is 2.27. The lowest BCUT2D eigenvalue weighted by Gasteiger charge is -2.17. The molecule has 0 aliphatic carbocycles. The molecule has 1 aromatic rings. The Hall–Kier alpha value is -0.680. The monoisotopic (exact) mass is 383 g/mol. The Morgan fingerprint density at radius 3 is 2.25 bits per heavy atom. The van der Waals surface area contributed by atoms with Gasteiger partial charge >= 0.3 is 10.2 Å². The second kappa shape index (κ2) is 5.60.